The summed E-state index contributed by atoms with van der Waals surface area (Å²) >= 11 is 1.19. The molecule has 0 atom stereocenters. The normalized spacial score (nSPS) is 10.9. The summed E-state index contributed by atoms with van der Waals surface area (Å²) in [6.45, 7) is 1.85. The molecule has 0 bridgehead atoms. The highest BCUT2D eigenvalue weighted by Gasteiger charge is 2.21. The van der Waals surface area contributed by atoms with Gasteiger partial charge in [-0.15, -0.1) is 11.3 Å². The Kier molecular flexibility index (Phi) is 6.08. The molecular weight excluding hydrogens is 417 g/mol. The number of hydrogen-bond donors (Lipinski definition) is 0. The minimum atomic E-state index is -0.515. The number of aromatic nitrogens is 2. The van der Waals surface area contributed by atoms with Gasteiger partial charge in [0.15, 0.2) is 5.13 Å². The molecule has 2 aromatic carbocycles. The van der Waals surface area contributed by atoms with Crippen molar-refractivity contribution >= 4 is 44.9 Å². The van der Waals surface area contributed by atoms with Crippen LogP contribution in [-0.2, 0) is 27.5 Å². The van der Waals surface area contributed by atoms with Crippen LogP contribution >= 0.6 is 11.3 Å². The average molecular weight is 437 g/mol. The number of ether oxygens (including phenoxy) is 1. The van der Waals surface area contributed by atoms with Gasteiger partial charge in [0.2, 0.25) is 5.91 Å². The van der Waals surface area contributed by atoms with E-state index in [2.05, 4.69) is 4.98 Å². The van der Waals surface area contributed by atoms with E-state index < -0.39 is 5.82 Å². The maximum atomic E-state index is 14.2. The van der Waals surface area contributed by atoms with Gasteiger partial charge in [0, 0.05) is 30.6 Å². The van der Waals surface area contributed by atoms with E-state index in [9.17, 15) is 14.0 Å². The lowest BCUT2D eigenvalue weighted by Crippen LogP contribution is -2.23. The zero-order chi connectivity index (χ0) is 21.8. The van der Waals surface area contributed by atoms with Gasteiger partial charge in [-0.3, -0.25) is 14.5 Å². The van der Waals surface area contributed by atoms with Crippen LogP contribution in [0.25, 0.3) is 10.9 Å². The number of aryl methyl sites for hydroxylation is 1. The number of fused-ring (bicyclic) bond motifs is 1. The molecule has 0 spiro atoms. The molecule has 0 unspecified atom stereocenters. The molecular formula is C23H20FN3O3S. The Balaban J connectivity index is 1.37. The molecule has 31 heavy (non-hydrogen) atoms. The molecule has 2 heterocycles. The molecule has 0 radical (unpaired) electrons. The molecule has 158 valence electrons. The molecule has 0 aliphatic carbocycles. The number of rotatable bonds is 7. The standard InChI is InChI=1S/C23H20FN3O3S/c1-16(28)27(21-9-5-3-7-19(21)24)23-25-18(15-31-23)14-30-22(29)11-13-26-12-10-17-6-2-4-8-20(17)26/h2-10,12,15H,11,13-14H2,1H3. The molecule has 6 nitrogen and oxygen atoms in total. The van der Waals surface area contributed by atoms with E-state index in [1.54, 1.807) is 17.5 Å². The number of benzene rings is 2. The molecule has 2 aromatic heterocycles. The van der Waals surface area contributed by atoms with E-state index in [0.717, 1.165) is 10.9 Å². The van der Waals surface area contributed by atoms with Crippen LogP contribution in [0.1, 0.15) is 19.0 Å². The van der Waals surface area contributed by atoms with Crippen molar-refractivity contribution in [3.8, 4) is 0 Å². The van der Waals surface area contributed by atoms with E-state index >= 15 is 0 Å². The first-order valence-corrected chi connectivity index (χ1v) is 10.6. The fourth-order valence-corrected chi connectivity index (χ4v) is 4.14. The molecule has 4 aromatic rings. The van der Waals surface area contributed by atoms with Crippen LogP contribution in [0.3, 0.4) is 0 Å². The van der Waals surface area contributed by atoms with E-state index in [1.807, 2.05) is 41.1 Å². The highest BCUT2D eigenvalue weighted by atomic mass is 32.1. The summed E-state index contributed by atoms with van der Waals surface area (Å²) in [5, 5.41) is 3.14. The van der Waals surface area contributed by atoms with Crippen molar-refractivity contribution in [1.29, 1.82) is 0 Å². The largest absolute Gasteiger partial charge is 0.459 e. The first-order chi connectivity index (χ1) is 15.0. The Labute approximate surface area is 182 Å². The van der Waals surface area contributed by atoms with Gasteiger partial charge in [0.1, 0.15) is 12.4 Å². The fourth-order valence-electron chi connectivity index (χ4n) is 3.28. The number of halogens is 1. The van der Waals surface area contributed by atoms with E-state index in [1.165, 1.54) is 35.3 Å². The summed E-state index contributed by atoms with van der Waals surface area (Å²) in [5.41, 5.74) is 1.70. The predicted octanol–water partition coefficient (Wildman–Crippen LogP) is 5.06. The SMILES string of the molecule is CC(=O)N(c1nc(COC(=O)CCn2ccc3ccccc32)cs1)c1ccccc1F. The number of thiazole rings is 1. The van der Waals surface area contributed by atoms with Crippen molar-refractivity contribution in [2.24, 2.45) is 0 Å². The summed E-state index contributed by atoms with van der Waals surface area (Å²) in [6, 6.07) is 16.0. The smallest absolute Gasteiger partial charge is 0.307 e. The summed E-state index contributed by atoms with van der Waals surface area (Å²) in [5.74, 6) is -1.22. The summed E-state index contributed by atoms with van der Waals surface area (Å²) in [6.07, 6.45) is 2.17. The Hall–Kier alpha value is -3.52. The van der Waals surface area contributed by atoms with E-state index in [-0.39, 0.29) is 30.6 Å². The van der Waals surface area contributed by atoms with Crippen LogP contribution in [0.4, 0.5) is 15.2 Å². The highest BCUT2D eigenvalue weighted by Crippen LogP contribution is 2.30. The van der Waals surface area contributed by atoms with Crippen molar-refractivity contribution in [3.05, 3.63) is 77.7 Å². The minimum Gasteiger partial charge on any atom is -0.459 e. The number of nitrogens with zero attached hydrogens (tertiary/aromatic N) is 3. The number of carbonyl (C=O) groups is 2. The maximum Gasteiger partial charge on any atom is 0.307 e. The van der Waals surface area contributed by atoms with Crippen LogP contribution in [0.15, 0.2) is 66.2 Å². The van der Waals surface area contributed by atoms with Crippen LogP contribution < -0.4 is 4.90 Å². The van der Waals surface area contributed by atoms with Crippen molar-refractivity contribution in [2.75, 3.05) is 4.90 Å². The van der Waals surface area contributed by atoms with Crippen molar-refractivity contribution < 1.29 is 18.7 Å². The third kappa shape index (κ3) is 4.64. The number of amides is 1. The van der Waals surface area contributed by atoms with Gasteiger partial charge in [-0.1, -0.05) is 30.3 Å². The summed E-state index contributed by atoms with van der Waals surface area (Å²) in [4.78, 5) is 29.8. The first kappa shape index (κ1) is 20.7. The molecule has 8 heteroatoms. The van der Waals surface area contributed by atoms with Crippen LogP contribution in [0.2, 0.25) is 0 Å². The van der Waals surface area contributed by atoms with Gasteiger partial charge in [-0.25, -0.2) is 9.37 Å². The topological polar surface area (TPSA) is 64.4 Å². The monoisotopic (exact) mass is 437 g/mol. The molecule has 0 aliphatic rings. The molecule has 1 amide bonds. The second-order valence-corrected chi connectivity index (χ2v) is 7.74. The lowest BCUT2D eigenvalue weighted by atomic mass is 10.2. The van der Waals surface area contributed by atoms with Crippen LogP contribution in [0, 0.1) is 5.82 Å². The van der Waals surface area contributed by atoms with Gasteiger partial charge in [0.05, 0.1) is 17.8 Å². The van der Waals surface area contributed by atoms with Gasteiger partial charge in [-0.05, 0) is 29.7 Å². The molecule has 0 saturated carbocycles. The number of anilines is 2. The Morgan fingerprint density at radius 3 is 2.71 bits per heavy atom. The molecule has 0 aliphatic heterocycles. The van der Waals surface area contributed by atoms with Crippen molar-refractivity contribution in [3.63, 3.8) is 0 Å². The second kappa shape index (κ2) is 9.09. The molecule has 4 rings (SSSR count). The maximum absolute atomic E-state index is 14.2. The molecule has 0 saturated heterocycles. The van der Waals surface area contributed by atoms with Gasteiger partial charge in [0.25, 0.3) is 0 Å². The summed E-state index contributed by atoms with van der Waals surface area (Å²) < 4.78 is 21.5. The lowest BCUT2D eigenvalue weighted by Gasteiger charge is -2.18. The lowest BCUT2D eigenvalue weighted by molar-refractivity contribution is -0.145. The van der Waals surface area contributed by atoms with Gasteiger partial charge >= 0.3 is 5.97 Å². The minimum absolute atomic E-state index is 0.00915. The highest BCUT2D eigenvalue weighted by molar-refractivity contribution is 7.14. The number of esters is 1. The van der Waals surface area contributed by atoms with E-state index in [0.29, 0.717) is 17.4 Å². The third-order valence-corrected chi connectivity index (χ3v) is 5.63. The van der Waals surface area contributed by atoms with Crippen molar-refractivity contribution in [2.45, 2.75) is 26.5 Å². The van der Waals surface area contributed by atoms with Crippen LogP contribution in [0.5, 0.6) is 0 Å². The number of hydrogen-bond acceptors (Lipinski definition) is 5. The third-order valence-electron chi connectivity index (χ3n) is 4.76. The van der Waals surface area contributed by atoms with Gasteiger partial charge < -0.3 is 9.30 Å². The number of para-hydroxylation sites is 2. The summed E-state index contributed by atoms with van der Waals surface area (Å²) in [7, 11) is 0. The second-order valence-electron chi connectivity index (χ2n) is 6.91. The zero-order valence-electron chi connectivity index (χ0n) is 16.8. The molecule has 0 N–H and O–H groups in total. The van der Waals surface area contributed by atoms with Gasteiger partial charge in [-0.2, -0.15) is 0 Å². The fraction of sp³-hybridized carbons (Fsp3) is 0.174. The Morgan fingerprint density at radius 1 is 1.13 bits per heavy atom. The quantitative estimate of drug-likeness (QED) is 0.379. The average Bonchev–Trinajstić information content (AvgIpc) is 3.39. The van der Waals surface area contributed by atoms with Crippen molar-refractivity contribution in [1.82, 2.24) is 9.55 Å². The Bertz CT molecular complexity index is 1230. The predicted molar refractivity (Wildman–Crippen MR) is 118 cm³/mol. The number of carbonyl (C=O) groups excluding carboxylic acids is 2. The molecule has 0 fully saturated rings. The van der Waals surface area contributed by atoms with Crippen LogP contribution in [-0.4, -0.2) is 21.4 Å². The zero-order valence-corrected chi connectivity index (χ0v) is 17.6. The van der Waals surface area contributed by atoms with E-state index in [4.69, 9.17) is 4.74 Å². The first-order valence-electron chi connectivity index (χ1n) is 9.72. The Morgan fingerprint density at radius 2 is 1.90 bits per heavy atom.